The number of aryl methyl sites for hydroxylation is 1. The molecule has 4 N–H and O–H groups in total. The summed E-state index contributed by atoms with van der Waals surface area (Å²) in [5.74, 6) is 0. The van der Waals surface area contributed by atoms with E-state index in [1.54, 1.807) is 7.05 Å². The molecular formula is C11H15N5O4. The molecule has 3 rings (SSSR count). The van der Waals surface area contributed by atoms with E-state index in [0.717, 1.165) is 0 Å². The van der Waals surface area contributed by atoms with Crippen LogP contribution < -0.4 is 5.49 Å². The molecule has 1 aliphatic rings. The third kappa shape index (κ3) is 1.75. The van der Waals surface area contributed by atoms with E-state index in [2.05, 4.69) is 9.97 Å². The quantitative estimate of drug-likeness (QED) is 0.497. The van der Waals surface area contributed by atoms with Gasteiger partial charge in [-0.05, 0) is 0 Å². The van der Waals surface area contributed by atoms with E-state index in [9.17, 15) is 10.2 Å². The van der Waals surface area contributed by atoms with Gasteiger partial charge in [-0.3, -0.25) is 9.98 Å². The number of hydrogen-bond donors (Lipinski definition) is 4. The summed E-state index contributed by atoms with van der Waals surface area (Å²) in [5.41, 5.74) is 0.927. The van der Waals surface area contributed by atoms with Crippen LogP contribution in [0, 0.1) is 5.41 Å². The highest BCUT2D eigenvalue weighted by atomic mass is 16.6. The van der Waals surface area contributed by atoms with Gasteiger partial charge in [0.1, 0.15) is 23.8 Å². The highest BCUT2D eigenvalue weighted by molar-refractivity contribution is 5.68. The van der Waals surface area contributed by atoms with E-state index < -0.39 is 31.1 Å². The van der Waals surface area contributed by atoms with E-state index >= 15 is 0 Å². The maximum Gasteiger partial charge on any atom is 0.167 e. The monoisotopic (exact) mass is 281 g/mol. The van der Waals surface area contributed by atoms with E-state index in [4.69, 9.17) is 15.3 Å². The smallest absolute Gasteiger partial charge is 0.167 e. The van der Waals surface area contributed by atoms with Crippen molar-refractivity contribution in [3.05, 3.63) is 18.1 Å². The van der Waals surface area contributed by atoms with Crippen molar-refractivity contribution in [1.82, 2.24) is 19.1 Å². The lowest BCUT2D eigenvalue weighted by molar-refractivity contribution is -0.0511. The number of aromatic nitrogens is 4. The average Bonchev–Trinajstić information content (AvgIpc) is 2.98. The third-order valence-corrected chi connectivity index (χ3v) is 3.49. The number of imidazole rings is 1. The highest BCUT2D eigenvalue weighted by Gasteiger charge is 2.43. The van der Waals surface area contributed by atoms with Crippen molar-refractivity contribution in [1.29, 1.82) is 5.41 Å². The number of hydrogen-bond acceptors (Lipinski definition) is 7. The van der Waals surface area contributed by atoms with E-state index in [-0.39, 0.29) is 5.49 Å². The summed E-state index contributed by atoms with van der Waals surface area (Å²) in [5, 5.41) is 36.8. The van der Waals surface area contributed by atoms with E-state index in [1.807, 2.05) is 0 Å². The van der Waals surface area contributed by atoms with Gasteiger partial charge in [0.2, 0.25) is 0 Å². The standard InChI is InChI=1S/C11H15N5O4/c1-15-3-14-10-6(9(15)12)13-4-16(10)11-8(19)7(18)5(2-17)20-11/h3-5,7-8,11-12,17-19H,2H2,1H3/t5?,7?,8?,11-/m1/s1. The molecule has 2 aromatic rings. The molecule has 0 bridgehead atoms. The molecule has 2 aromatic heterocycles. The predicted octanol–water partition coefficient (Wildman–Crippen LogP) is -2.14. The van der Waals surface area contributed by atoms with Crippen LogP contribution in [0.1, 0.15) is 6.23 Å². The van der Waals surface area contributed by atoms with Gasteiger partial charge in [-0.15, -0.1) is 0 Å². The van der Waals surface area contributed by atoms with Gasteiger partial charge < -0.3 is 24.6 Å². The molecule has 1 fully saturated rings. The van der Waals surface area contributed by atoms with Gasteiger partial charge in [-0.1, -0.05) is 0 Å². The topological polar surface area (TPSA) is 129 Å². The SMILES string of the molecule is Cn1cnc2c(ncn2[C@@H]2OC(CO)C(O)C2O)c1=N. The van der Waals surface area contributed by atoms with Crippen molar-refractivity contribution in [2.75, 3.05) is 6.61 Å². The number of rotatable bonds is 2. The van der Waals surface area contributed by atoms with Gasteiger partial charge in [0, 0.05) is 7.05 Å². The van der Waals surface area contributed by atoms with Crippen molar-refractivity contribution < 1.29 is 20.1 Å². The summed E-state index contributed by atoms with van der Waals surface area (Å²) in [6.07, 6.45) is -1.28. The van der Waals surface area contributed by atoms with Crippen LogP contribution in [-0.2, 0) is 11.8 Å². The Hall–Kier alpha value is -1.81. The molecule has 9 nitrogen and oxygen atoms in total. The normalized spacial score (nSPS) is 30.2. The molecule has 9 heteroatoms. The first-order chi connectivity index (χ1) is 9.54. The molecule has 4 atom stereocenters. The first kappa shape index (κ1) is 13.2. The Labute approximate surface area is 113 Å². The van der Waals surface area contributed by atoms with Crippen LogP contribution in [0.15, 0.2) is 12.7 Å². The Bertz CT molecular complexity index is 696. The number of ether oxygens (including phenoxy) is 1. The zero-order valence-electron chi connectivity index (χ0n) is 10.7. The minimum Gasteiger partial charge on any atom is -0.394 e. The Morgan fingerprint density at radius 1 is 1.30 bits per heavy atom. The lowest BCUT2D eigenvalue weighted by Gasteiger charge is -2.16. The molecule has 1 aliphatic heterocycles. The molecule has 0 saturated carbocycles. The zero-order valence-corrected chi connectivity index (χ0v) is 10.7. The molecular weight excluding hydrogens is 266 g/mol. The maximum atomic E-state index is 10.00. The summed E-state index contributed by atoms with van der Waals surface area (Å²) < 4.78 is 8.39. The van der Waals surface area contributed by atoms with E-state index in [1.165, 1.54) is 21.8 Å². The van der Waals surface area contributed by atoms with Crippen molar-refractivity contribution in [3.8, 4) is 0 Å². The maximum absolute atomic E-state index is 10.00. The summed E-state index contributed by atoms with van der Waals surface area (Å²) in [4.78, 5) is 8.26. The molecule has 0 amide bonds. The lowest BCUT2D eigenvalue weighted by atomic mass is 10.1. The fourth-order valence-electron chi connectivity index (χ4n) is 2.31. The minimum atomic E-state index is -1.20. The summed E-state index contributed by atoms with van der Waals surface area (Å²) >= 11 is 0. The number of fused-ring (bicyclic) bond motifs is 1. The lowest BCUT2D eigenvalue weighted by Crippen LogP contribution is -2.33. The fraction of sp³-hybridized carbons (Fsp3) is 0.545. The van der Waals surface area contributed by atoms with Crippen LogP contribution >= 0.6 is 0 Å². The Balaban J connectivity index is 2.08. The molecule has 3 heterocycles. The third-order valence-electron chi connectivity index (χ3n) is 3.49. The second kappa shape index (κ2) is 4.63. The Morgan fingerprint density at radius 2 is 2.05 bits per heavy atom. The molecule has 1 saturated heterocycles. The molecule has 0 radical (unpaired) electrons. The first-order valence-corrected chi connectivity index (χ1v) is 6.09. The van der Waals surface area contributed by atoms with Crippen LogP contribution in [0.4, 0.5) is 0 Å². The molecule has 3 unspecified atom stereocenters. The molecule has 0 spiro atoms. The molecule has 0 aliphatic carbocycles. The van der Waals surface area contributed by atoms with Crippen molar-refractivity contribution >= 4 is 11.2 Å². The summed E-state index contributed by atoms with van der Waals surface area (Å²) in [6.45, 7) is -0.395. The number of nitrogens with zero attached hydrogens (tertiary/aromatic N) is 4. The number of aliphatic hydroxyl groups excluding tert-OH is 3. The average molecular weight is 281 g/mol. The summed E-state index contributed by atoms with van der Waals surface area (Å²) in [6, 6.07) is 0. The van der Waals surface area contributed by atoms with Gasteiger partial charge in [0.05, 0.1) is 19.3 Å². The Kier molecular flexibility index (Phi) is 3.05. The van der Waals surface area contributed by atoms with Crippen molar-refractivity contribution in [2.24, 2.45) is 7.05 Å². The zero-order chi connectivity index (χ0) is 14.4. The van der Waals surface area contributed by atoms with Crippen molar-refractivity contribution in [3.63, 3.8) is 0 Å². The largest absolute Gasteiger partial charge is 0.394 e. The van der Waals surface area contributed by atoms with Crippen molar-refractivity contribution in [2.45, 2.75) is 24.5 Å². The van der Waals surface area contributed by atoms with E-state index in [0.29, 0.717) is 11.2 Å². The minimum absolute atomic E-state index is 0.181. The molecule has 108 valence electrons. The van der Waals surface area contributed by atoms with Gasteiger partial charge in [-0.2, -0.15) is 0 Å². The number of nitrogens with one attached hydrogen (secondary N) is 1. The first-order valence-electron chi connectivity index (χ1n) is 6.09. The summed E-state index contributed by atoms with van der Waals surface area (Å²) in [7, 11) is 1.68. The molecule has 0 aromatic carbocycles. The second-order valence-corrected chi connectivity index (χ2v) is 4.76. The van der Waals surface area contributed by atoms with Gasteiger partial charge in [0.15, 0.2) is 17.4 Å². The van der Waals surface area contributed by atoms with Gasteiger partial charge >= 0.3 is 0 Å². The fourth-order valence-corrected chi connectivity index (χ4v) is 2.31. The second-order valence-electron chi connectivity index (χ2n) is 4.76. The van der Waals surface area contributed by atoms with Crippen LogP contribution in [0.2, 0.25) is 0 Å². The van der Waals surface area contributed by atoms with Crippen LogP contribution in [-0.4, -0.2) is 59.3 Å². The highest BCUT2D eigenvalue weighted by Crippen LogP contribution is 2.30. The predicted molar refractivity (Wildman–Crippen MR) is 65.4 cm³/mol. The number of aliphatic hydroxyl groups is 3. The van der Waals surface area contributed by atoms with Crippen LogP contribution in [0.5, 0.6) is 0 Å². The molecule has 20 heavy (non-hydrogen) atoms. The van der Waals surface area contributed by atoms with Crippen LogP contribution in [0.3, 0.4) is 0 Å². The van der Waals surface area contributed by atoms with Gasteiger partial charge in [-0.25, -0.2) is 9.97 Å². The van der Waals surface area contributed by atoms with Crippen LogP contribution in [0.25, 0.3) is 11.2 Å². The Morgan fingerprint density at radius 3 is 2.70 bits per heavy atom. The van der Waals surface area contributed by atoms with Gasteiger partial charge in [0.25, 0.3) is 0 Å².